The van der Waals surface area contributed by atoms with Gasteiger partial charge in [-0.1, -0.05) is 6.42 Å². The van der Waals surface area contributed by atoms with Gasteiger partial charge in [-0.2, -0.15) is 0 Å². The highest BCUT2D eigenvalue weighted by atomic mass is 16.5. The Balaban J connectivity index is 2.06. The summed E-state index contributed by atoms with van der Waals surface area (Å²) >= 11 is 0. The standard InChI is InChI=1S/C12H17NO4/c14-11(4-5-12(15)16)13-6-7-17-8-9-2-1-3-10(9)13/h4-5,9-10H,1-3,6-8H2,(H,15,16)/b5-4+/t9-,10-/m1/s1. The molecule has 1 amide bonds. The predicted octanol–water partition coefficient (Wildman–Crippen LogP) is 0.655. The number of fused-ring (bicyclic) bond motifs is 1. The molecule has 17 heavy (non-hydrogen) atoms. The molecule has 0 bridgehead atoms. The Hall–Kier alpha value is -1.36. The van der Waals surface area contributed by atoms with Crippen LogP contribution in [-0.2, 0) is 14.3 Å². The maximum atomic E-state index is 11.9. The van der Waals surface area contributed by atoms with Gasteiger partial charge in [-0.05, 0) is 12.8 Å². The van der Waals surface area contributed by atoms with E-state index < -0.39 is 5.97 Å². The fraction of sp³-hybridized carbons (Fsp3) is 0.667. The molecular formula is C12H17NO4. The van der Waals surface area contributed by atoms with E-state index in [0.717, 1.165) is 38.0 Å². The summed E-state index contributed by atoms with van der Waals surface area (Å²) in [6.45, 7) is 1.82. The number of carboxylic acids is 1. The zero-order chi connectivity index (χ0) is 12.3. The average molecular weight is 239 g/mol. The van der Waals surface area contributed by atoms with Crippen molar-refractivity contribution in [2.45, 2.75) is 25.3 Å². The number of hydrogen-bond acceptors (Lipinski definition) is 3. The fourth-order valence-corrected chi connectivity index (χ4v) is 2.70. The second kappa shape index (κ2) is 5.31. The van der Waals surface area contributed by atoms with Crippen LogP contribution >= 0.6 is 0 Å². The van der Waals surface area contributed by atoms with E-state index in [1.54, 1.807) is 4.90 Å². The first kappa shape index (κ1) is 12.1. The third kappa shape index (κ3) is 2.85. The summed E-state index contributed by atoms with van der Waals surface area (Å²) in [5, 5.41) is 8.52. The molecule has 1 saturated carbocycles. The van der Waals surface area contributed by atoms with Crippen molar-refractivity contribution in [3.8, 4) is 0 Å². The van der Waals surface area contributed by atoms with Crippen molar-refractivity contribution in [2.75, 3.05) is 19.8 Å². The lowest BCUT2D eigenvalue weighted by molar-refractivity contribution is -0.132. The van der Waals surface area contributed by atoms with Crippen LogP contribution in [0.3, 0.4) is 0 Å². The molecule has 5 heteroatoms. The number of carboxylic acid groups (broad SMARTS) is 1. The summed E-state index contributed by atoms with van der Waals surface area (Å²) in [4.78, 5) is 24.1. The summed E-state index contributed by atoms with van der Waals surface area (Å²) in [7, 11) is 0. The molecule has 2 aliphatic rings. The molecule has 0 aromatic heterocycles. The van der Waals surface area contributed by atoms with Crippen LogP contribution in [0.25, 0.3) is 0 Å². The van der Waals surface area contributed by atoms with Crippen LogP contribution in [0.4, 0.5) is 0 Å². The van der Waals surface area contributed by atoms with Crippen molar-refractivity contribution in [1.82, 2.24) is 4.90 Å². The summed E-state index contributed by atoms with van der Waals surface area (Å²) in [6.07, 6.45) is 5.25. The van der Waals surface area contributed by atoms with Gasteiger partial charge in [0.15, 0.2) is 0 Å². The van der Waals surface area contributed by atoms with E-state index in [2.05, 4.69) is 0 Å². The van der Waals surface area contributed by atoms with Crippen molar-refractivity contribution in [3.05, 3.63) is 12.2 Å². The van der Waals surface area contributed by atoms with Crippen molar-refractivity contribution >= 4 is 11.9 Å². The van der Waals surface area contributed by atoms with Gasteiger partial charge in [0.1, 0.15) is 0 Å². The highest BCUT2D eigenvalue weighted by Gasteiger charge is 2.35. The molecule has 2 fully saturated rings. The van der Waals surface area contributed by atoms with Gasteiger partial charge in [0.25, 0.3) is 0 Å². The number of carbonyl (C=O) groups excluding carboxylic acids is 1. The minimum Gasteiger partial charge on any atom is -0.478 e. The van der Waals surface area contributed by atoms with E-state index in [9.17, 15) is 9.59 Å². The van der Waals surface area contributed by atoms with Gasteiger partial charge in [0.2, 0.25) is 5.91 Å². The average Bonchev–Trinajstić information content (AvgIpc) is 2.66. The first-order valence-corrected chi connectivity index (χ1v) is 5.98. The molecule has 94 valence electrons. The molecule has 0 aromatic carbocycles. The van der Waals surface area contributed by atoms with Gasteiger partial charge >= 0.3 is 5.97 Å². The zero-order valence-electron chi connectivity index (χ0n) is 9.67. The molecule has 0 radical (unpaired) electrons. The quantitative estimate of drug-likeness (QED) is 0.719. The number of aliphatic carboxylic acids is 1. The number of nitrogens with zero attached hydrogens (tertiary/aromatic N) is 1. The Morgan fingerprint density at radius 2 is 2.12 bits per heavy atom. The highest BCUT2D eigenvalue weighted by molar-refractivity contribution is 5.94. The molecule has 1 N–H and O–H groups in total. The van der Waals surface area contributed by atoms with Crippen molar-refractivity contribution in [3.63, 3.8) is 0 Å². The molecule has 1 saturated heterocycles. The van der Waals surface area contributed by atoms with Crippen molar-refractivity contribution in [2.24, 2.45) is 5.92 Å². The van der Waals surface area contributed by atoms with E-state index >= 15 is 0 Å². The number of amides is 1. The maximum absolute atomic E-state index is 11.9. The number of rotatable bonds is 2. The van der Waals surface area contributed by atoms with Gasteiger partial charge in [-0.25, -0.2) is 4.79 Å². The smallest absolute Gasteiger partial charge is 0.328 e. The molecule has 1 aliphatic heterocycles. The van der Waals surface area contributed by atoms with E-state index in [4.69, 9.17) is 9.84 Å². The minimum absolute atomic E-state index is 0.213. The molecule has 5 nitrogen and oxygen atoms in total. The first-order valence-electron chi connectivity index (χ1n) is 5.98. The molecule has 1 heterocycles. The third-order valence-electron chi connectivity index (χ3n) is 3.48. The second-order valence-corrected chi connectivity index (χ2v) is 4.54. The SMILES string of the molecule is O=C(O)/C=C/C(=O)N1CCOC[C@H]2CCC[C@H]21. The zero-order valence-corrected chi connectivity index (χ0v) is 9.67. The minimum atomic E-state index is -1.09. The summed E-state index contributed by atoms with van der Waals surface area (Å²) < 4.78 is 5.48. The lowest BCUT2D eigenvalue weighted by atomic mass is 10.0. The molecule has 2 atom stereocenters. The molecule has 0 aromatic rings. The Bertz CT molecular complexity index is 339. The Morgan fingerprint density at radius 1 is 1.29 bits per heavy atom. The third-order valence-corrected chi connectivity index (χ3v) is 3.48. The Kier molecular flexibility index (Phi) is 3.78. The molecular weight excluding hydrogens is 222 g/mol. The van der Waals surface area contributed by atoms with Gasteiger partial charge in [-0.3, -0.25) is 4.79 Å². The van der Waals surface area contributed by atoms with Crippen molar-refractivity contribution < 1.29 is 19.4 Å². The van der Waals surface area contributed by atoms with Crippen LogP contribution < -0.4 is 0 Å². The molecule has 2 rings (SSSR count). The highest BCUT2D eigenvalue weighted by Crippen LogP contribution is 2.31. The van der Waals surface area contributed by atoms with E-state index in [1.807, 2.05) is 0 Å². The summed E-state index contributed by atoms with van der Waals surface area (Å²) in [5.74, 6) is -0.887. The summed E-state index contributed by atoms with van der Waals surface area (Å²) in [5.41, 5.74) is 0. The van der Waals surface area contributed by atoms with Gasteiger partial charge in [0.05, 0.1) is 13.2 Å². The number of hydrogen-bond donors (Lipinski definition) is 1. The second-order valence-electron chi connectivity index (χ2n) is 4.54. The first-order chi connectivity index (χ1) is 8.18. The van der Waals surface area contributed by atoms with E-state index in [0.29, 0.717) is 19.1 Å². The monoisotopic (exact) mass is 239 g/mol. The molecule has 0 spiro atoms. The molecule has 1 aliphatic carbocycles. The number of carbonyl (C=O) groups is 2. The predicted molar refractivity (Wildman–Crippen MR) is 60.4 cm³/mol. The Morgan fingerprint density at radius 3 is 2.88 bits per heavy atom. The Labute approximate surface area is 100 Å². The van der Waals surface area contributed by atoms with E-state index in [1.165, 1.54) is 0 Å². The van der Waals surface area contributed by atoms with Crippen LogP contribution in [0.15, 0.2) is 12.2 Å². The fourth-order valence-electron chi connectivity index (χ4n) is 2.70. The summed E-state index contributed by atoms with van der Waals surface area (Å²) in [6, 6.07) is 0.225. The van der Waals surface area contributed by atoms with Crippen LogP contribution in [0.2, 0.25) is 0 Å². The largest absolute Gasteiger partial charge is 0.478 e. The molecule has 0 unspecified atom stereocenters. The lowest BCUT2D eigenvalue weighted by Gasteiger charge is -2.28. The van der Waals surface area contributed by atoms with Crippen LogP contribution in [0.5, 0.6) is 0 Å². The van der Waals surface area contributed by atoms with Crippen LogP contribution in [-0.4, -0.2) is 47.7 Å². The number of ether oxygens (including phenoxy) is 1. The van der Waals surface area contributed by atoms with Gasteiger partial charge in [0, 0.05) is 30.7 Å². The van der Waals surface area contributed by atoms with Gasteiger partial charge < -0.3 is 14.7 Å². The van der Waals surface area contributed by atoms with Gasteiger partial charge in [-0.15, -0.1) is 0 Å². The van der Waals surface area contributed by atoms with E-state index in [-0.39, 0.29) is 11.9 Å². The van der Waals surface area contributed by atoms with Crippen molar-refractivity contribution in [1.29, 1.82) is 0 Å². The maximum Gasteiger partial charge on any atom is 0.328 e. The topological polar surface area (TPSA) is 66.8 Å². The van der Waals surface area contributed by atoms with Crippen LogP contribution in [0.1, 0.15) is 19.3 Å². The lowest BCUT2D eigenvalue weighted by Crippen LogP contribution is -2.41. The van der Waals surface area contributed by atoms with Crippen LogP contribution in [0, 0.1) is 5.92 Å². The normalized spacial score (nSPS) is 29.1.